The molecule has 1 atom stereocenters. The topological polar surface area (TPSA) is 20.2 Å². The van der Waals surface area contributed by atoms with E-state index in [2.05, 4.69) is 70.2 Å². The molecule has 0 aliphatic heterocycles. The summed E-state index contributed by atoms with van der Waals surface area (Å²) in [5.74, 6) is 0. The number of aliphatic hydroxyl groups excluding tert-OH is 1. The van der Waals surface area contributed by atoms with Gasteiger partial charge in [0.15, 0.2) is 0 Å². The van der Waals surface area contributed by atoms with E-state index in [0.29, 0.717) is 0 Å². The molecule has 1 aliphatic rings. The van der Waals surface area contributed by atoms with Crippen LogP contribution in [0.1, 0.15) is 70.3 Å². The molecule has 0 bridgehead atoms. The summed E-state index contributed by atoms with van der Waals surface area (Å²) in [4.78, 5) is 0. The summed E-state index contributed by atoms with van der Waals surface area (Å²) >= 11 is 0. The van der Waals surface area contributed by atoms with Crippen molar-refractivity contribution in [1.82, 2.24) is 0 Å². The molecule has 0 heterocycles. The Morgan fingerprint density at radius 1 is 1.27 bits per heavy atom. The highest BCUT2D eigenvalue weighted by atomic mass is 16.3. The average Bonchev–Trinajstić information content (AvgIpc) is 2.50. The minimum absolute atomic E-state index is 0.160. The number of allylic oxidation sites excluding steroid dienone is 6. The maximum absolute atomic E-state index is 10.3. The molecule has 0 saturated carbocycles. The van der Waals surface area contributed by atoms with Crippen molar-refractivity contribution in [2.24, 2.45) is 0 Å². The Kier molecular flexibility index (Phi) is 5.08. The van der Waals surface area contributed by atoms with E-state index in [9.17, 15) is 5.11 Å². The van der Waals surface area contributed by atoms with Gasteiger partial charge in [-0.3, -0.25) is 0 Å². The van der Waals surface area contributed by atoms with Crippen LogP contribution in [0.2, 0.25) is 0 Å². The van der Waals surface area contributed by atoms with E-state index < -0.39 is 0 Å². The van der Waals surface area contributed by atoms with Crippen molar-refractivity contribution < 1.29 is 5.11 Å². The molecule has 0 aromatic heterocycles. The van der Waals surface area contributed by atoms with Crippen LogP contribution < -0.4 is 0 Å². The van der Waals surface area contributed by atoms with Gasteiger partial charge in [0.2, 0.25) is 0 Å². The second-order valence-electron chi connectivity index (χ2n) is 6.98. The summed E-state index contributed by atoms with van der Waals surface area (Å²) in [7, 11) is 0. The Bertz CT molecular complexity index is 629. The summed E-state index contributed by atoms with van der Waals surface area (Å²) in [5.41, 5.74) is 6.23. The Labute approximate surface area is 135 Å². The molecule has 1 N–H and O–H groups in total. The minimum Gasteiger partial charge on any atom is -0.388 e. The number of aliphatic hydroxyl groups is 1. The lowest BCUT2D eigenvalue weighted by Crippen LogP contribution is -2.26. The quantitative estimate of drug-likeness (QED) is 0.707. The number of hydrogen-bond donors (Lipinski definition) is 1. The smallest absolute Gasteiger partial charge is 0.0793 e. The number of fused-ring (bicyclic) bond motifs is 1. The third-order valence-corrected chi connectivity index (χ3v) is 4.80. The van der Waals surface area contributed by atoms with Gasteiger partial charge in [0.1, 0.15) is 0 Å². The van der Waals surface area contributed by atoms with E-state index in [1.807, 2.05) is 6.92 Å². The molecule has 22 heavy (non-hydrogen) atoms. The fraction of sp³-hybridized carbons (Fsp3) is 0.429. The standard InChI is InChI=1S/C21H28O/c1-6-15(2)8-7-9-16(3)17-10-11-19-18(14-17)20(22)12-13-21(19,4)5/h6-11,14,20,22H,12-13H2,1-5H3/b8-7+,15-6+,16-9+. The number of hydrogen-bond acceptors (Lipinski definition) is 1. The van der Waals surface area contributed by atoms with Crippen molar-refractivity contribution in [3.8, 4) is 0 Å². The van der Waals surface area contributed by atoms with E-state index in [1.54, 1.807) is 0 Å². The summed E-state index contributed by atoms with van der Waals surface area (Å²) in [5, 5.41) is 10.3. The average molecular weight is 296 g/mol. The fourth-order valence-electron chi connectivity index (χ4n) is 3.02. The van der Waals surface area contributed by atoms with Crippen molar-refractivity contribution in [2.75, 3.05) is 0 Å². The second kappa shape index (κ2) is 6.66. The van der Waals surface area contributed by atoms with Crippen LogP contribution in [0.15, 0.2) is 48.1 Å². The number of benzene rings is 1. The van der Waals surface area contributed by atoms with Crippen LogP contribution in [0.5, 0.6) is 0 Å². The highest BCUT2D eigenvalue weighted by Crippen LogP contribution is 2.42. The van der Waals surface area contributed by atoms with Crippen LogP contribution in [0.4, 0.5) is 0 Å². The summed E-state index contributed by atoms with van der Waals surface area (Å²) in [6, 6.07) is 6.55. The van der Waals surface area contributed by atoms with Crippen LogP contribution in [-0.4, -0.2) is 5.11 Å². The molecule has 1 unspecified atom stereocenters. The van der Waals surface area contributed by atoms with Gasteiger partial charge in [0.25, 0.3) is 0 Å². The van der Waals surface area contributed by atoms with Crippen LogP contribution in [-0.2, 0) is 5.41 Å². The molecule has 1 nitrogen and oxygen atoms in total. The van der Waals surface area contributed by atoms with Crippen molar-refractivity contribution in [2.45, 2.75) is 59.0 Å². The van der Waals surface area contributed by atoms with Crippen LogP contribution in [0.25, 0.3) is 5.57 Å². The molecule has 1 aromatic carbocycles. The van der Waals surface area contributed by atoms with Gasteiger partial charge in [-0.15, -0.1) is 0 Å². The number of rotatable bonds is 3. The molecule has 1 aromatic rings. The zero-order chi connectivity index (χ0) is 16.3. The van der Waals surface area contributed by atoms with E-state index >= 15 is 0 Å². The van der Waals surface area contributed by atoms with Gasteiger partial charge in [-0.25, -0.2) is 0 Å². The molecule has 1 heteroatoms. The van der Waals surface area contributed by atoms with Gasteiger partial charge in [0.05, 0.1) is 6.10 Å². The van der Waals surface area contributed by atoms with Crippen LogP contribution >= 0.6 is 0 Å². The SMILES string of the molecule is C/C=C(C)/C=C/C=C(\C)c1ccc2c(c1)C(O)CCC2(C)C. The van der Waals surface area contributed by atoms with Gasteiger partial charge in [-0.05, 0) is 67.4 Å². The minimum atomic E-state index is -0.323. The molecule has 0 radical (unpaired) electrons. The zero-order valence-electron chi connectivity index (χ0n) is 14.5. The van der Waals surface area contributed by atoms with E-state index in [1.165, 1.54) is 22.3 Å². The summed E-state index contributed by atoms with van der Waals surface area (Å²) < 4.78 is 0. The Balaban J connectivity index is 2.33. The largest absolute Gasteiger partial charge is 0.388 e. The van der Waals surface area contributed by atoms with Gasteiger partial charge >= 0.3 is 0 Å². The second-order valence-corrected chi connectivity index (χ2v) is 6.98. The fourth-order valence-corrected chi connectivity index (χ4v) is 3.02. The predicted molar refractivity (Wildman–Crippen MR) is 95.9 cm³/mol. The Morgan fingerprint density at radius 3 is 2.68 bits per heavy atom. The lowest BCUT2D eigenvalue weighted by atomic mass is 9.71. The summed E-state index contributed by atoms with van der Waals surface area (Å²) in [6.07, 6.45) is 10.0. The molecule has 0 amide bonds. The predicted octanol–water partition coefficient (Wildman–Crippen LogP) is 5.72. The van der Waals surface area contributed by atoms with E-state index in [-0.39, 0.29) is 11.5 Å². The molecular weight excluding hydrogens is 268 g/mol. The van der Waals surface area contributed by atoms with E-state index in [4.69, 9.17) is 0 Å². The normalized spacial score (nSPS) is 22.0. The molecule has 118 valence electrons. The van der Waals surface area contributed by atoms with Gasteiger partial charge in [-0.2, -0.15) is 0 Å². The lowest BCUT2D eigenvalue weighted by molar-refractivity contribution is 0.139. The first-order valence-electron chi connectivity index (χ1n) is 8.16. The first kappa shape index (κ1) is 16.8. The zero-order valence-corrected chi connectivity index (χ0v) is 14.5. The Morgan fingerprint density at radius 2 is 2.00 bits per heavy atom. The van der Waals surface area contributed by atoms with Gasteiger partial charge < -0.3 is 5.11 Å². The molecular formula is C21H28O. The van der Waals surface area contributed by atoms with Crippen LogP contribution in [0.3, 0.4) is 0 Å². The van der Waals surface area contributed by atoms with Crippen molar-refractivity contribution >= 4 is 5.57 Å². The lowest BCUT2D eigenvalue weighted by Gasteiger charge is -2.35. The molecule has 0 fully saturated rings. The highest BCUT2D eigenvalue weighted by molar-refractivity contribution is 5.67. The van der Waals surface area contributed by atoms with Crippen molar-refractivity contribution in [3.05, 3.63) is 64.8 Å². The maximum atomic E-state index is 10.3. The first-order valence-corrected chi connectivity index (χ1v) is 8.16. The molecule has 0 spiro atoms. The molecule has 2 rings (SSSR count). The van der Waals surface area contributed by atoms with Crippen molar-refractivity contribution in [3.63, 3.8) is 0 Å². The monoisotopic (exact) mass is 296 g/mol. The summed E-state index contributed by atoms with van der Waals surface area (Å²) in [6.45, 7) is 10.8. The molecule has 1 aliphatic carbocycles. The first-order chi connectivity index (χ1) is 10.3. The third-order valence-electron chi connectivity index (χ3n) is 4.80. The van der Waals surface area contributed by atoms with E-state index in [0.717, 1.165) is 18.4 Å². The van der Waals surface area contributed by atoms with Gasteiger partial charge in [-0.1, -0.05) is 55.9 Å². The Hall–Kier alpha value is -1.60. The molecule has 0 saturated heterocycles. The van der Waals surface area contributed by atoms with Gasteiger partial charge in [0, 0.05) is 0 Å². The van der Waals surface area contributed by atoms with Crippen LogP contribution in [0, 0.1) is 0 Å². The highest BCUT2D eigenvalue weighted by Gasteiger charge is 2.31. The van der Waals surface area contributed by atoms with Crippen molar-refractivity contribution in [1.29, 1.82) is 0 Å². The maximum Gasteiger partial charge on any atom is 0.0793 e. The third kappa shape index (κ3) is 3.59.